The Morgan fingerprint density at radius 2 is 1.80 bits per heavy atom. The number of benzene rings is 1. The molecule has 0 aliphatic rings. The second-order valence-corrected chi connectivity index (χ2v) is 3.44. The van der Waals surface area contributed by atoms with Crippen molar-refractivity contribution < 1.29 is 4.39 Å². The topological polar surface area (TPSA) is 24.9 Å². The molecule has 15 heavy (non-hydrogen) atoms. The van der Waals surface area contributed by atoms with E-state index in [4.69, 9.17) is 11.6 Å². The normalized spacial score (nSPS) is 10.0. The lowest BCUT2D eigenvalue weighted by atomic mass is 10.3. The summed E-state index contributed by atoms with van der Waals surface area (Å²) in [7, 11) is 0. The lowest BCUT2D eigenvalue weighted by Crippen LogP contribution is -1.91. The maximum absolute atomic E-state index is 12.8. The van der Waals surface area contributed by atoms with Crippen molar-refractivity contribution in [1.82, 2.24) is 4.98 Å². The third-order valence-corrected chi connectivity index (χ3v) is 2.11. The summed E-state index contributed by atoms with van der Waals surface area (Å²) in [6, 6.07) is 10.2. The highest BCUT2D eigenvalue weighted by molar-refractivity contribution is 6.30. The number of hydrogen-bond acceptors (Lipinski definition) is 2. The molecule has 0 amide bonds. The molecule has 1 aromatic heterocycles. The SMILES string of the molecule is Fc1cc(Nc2ccc(Cl)cc2)ccn1. The lowest BCUT2D eigenvalue weighted by molar-refractivity contribution is 0.584. The van der Waals surface area contributed by atoms with Gasteiger partial charge in [-0.1, -0.05) is 11.6 Å². The Balaban J connectivity index is 2.18. The largest absolute Gasteiger partial charge is 0.355 e. The predicted octanol–water partition coefficient (Wildman–Crippen LogP) is 3.62. The number of nitrogens with zero attached hydrogens (tertiary/aromatic N) is 1. The number of rotatable bonds is 2. The smallest absolute Gasteiger partial charge is 0.214 e. The van der Waals surface area contributed by atoms with Crippen molar-refractivity contribution in [3.8, 4) is 0 Å². The molecule has 2 rings (SSSR count). The Morgan fingerprint density at radius 1 is 1.07 bits per heavy atom. The molecule has 4 heteroatoms. The van der Waals surface area contributed by atoms with Crippen LogP contribution in [0, 0.1) is 5.95 Å². The van der Waals surface area contributed by atoms with Gasteiger partial charge in [-0.15, -0.1) is 0 Å². The van der Waals surface area contributed by atoms with Crippen LogP contribution in [0.5, 0.6) is 0 Å². The van der Waals surface area contributed by atoms with Crippen molar-refractivity contribution in [1.29, 1.82) is 0 Å². The fourth-order valence-corrected chi connectivity index (χ4v) is 1.31. The van der Waals surface area contributed by atoms with Gasteiger partial charge in [-0.05, 0) is 30.3 Å². The maximum atomic E-state index is 12.8. The first-order valence-corrected chi connectivity index (χ1v) is 4.76. The van der Waals surface area contributed by atoms with Gasteiger partial charge in [-0.3, -0.25) is 0 Å². The van der Waals surface area contributed by atoms with Crippen LogP contribution in [0.3, 0.4) is 0 Å². The number of nitrogens with one attached hydrogen (secondary N) is 1. The molecule has 0 fully saturated rings. The van der Waals surface area contributed by atoms with E-state index in [0.29, 0.717) is 10.7 Å². The fraction of sp³-hybridized carbons (Fsp3) is 0. The molecule has 0 aliphatic heterocycles. The van der Waals surface area contributed by atoms with E-state index in [2.05, 4.69) is 10.3 Å². The van der Waals surface area contributed by atoms with E-state index in [1.54, 1.807) is 18.2 Å². The van der Waals surface area contributed by atoms with Gasteiger partial charge in [-0.2, -0.15) is 4.39 Å². The third-order valence-electron chi connectivity index (χ3n) is 1.86. The highest BCUT2D eigenvalue weighted by Gasteiger charge is 1.96. The summed E-state index contributed by atoms with van der Waals surface area (Å²) in [6.07, 6.45) is 1.41. The van der Waals surface area contributed by atoms with E-state index in [9.17, 15) is 4.39 Å². The molecule has 0 radical (unpaired) electrons. The number of halogens is 2. The summed E-state index contributed by atoms with van der Waals surface area (Å²) in [6.45, 7) is 0. The zero-order valence-electron chi connectivity index (χ0n) is 7.74. The van der Waals surface area contributed by atoms with Gasteiger partial charge < -0.3 is 5.32 Å². The molecule has 2 nitrogen and oxygen atoms in total. The van der Waals surface area contributed by atoms with Crippen LogP contribution < -0.4 is 5.32 Å². The molecule has 0 aliphatic carbocycles. The van der Waals surface area contributed by atoms with Gasteiger partial charge in [0, 0.05) is 28.7 Å². The van der Waals surface area contributed by atoms with Crippen LogP contribution in [0.25, 0.3) is 0 Å². The first-order valence-electron chi connectivity index (χ1n) is 4.38. The molecule has 0 atom stereocenters. The van der Waals surface area contributed by atoms with Crippen molar-refractivity contribution in [2.24, 2.45) is 0 Å². The summed E-state index contributed by atoms with van der Waals surface area (Å²) < 4.78 is 12.8. The van der Waals surface area contributed by atoms with Crippen molar-refractivity contribution in [3.63, 3.8) is 0 Å². The average molecular weight is 223 g/mol. The highest BCUT2D eigenvalue weighted by atomic mass is 35.5. The third kappa shape index (κ3) is 2.67. The molecule has 76 valence electrons. The van der Waals surface area contributed by atoms with Crippen LogP contribution in [-0.4, -0.2) is 4.98 Å². The molecule has 1 aromatic carbocycles. The van der Waals surface area contributed by atoms with Gasteiger partial charge in [0.2, 0.25) is 5.95 Å². The quantitative estimate of drug-likeness (QED) is 0.785. The van der Waals surface area contributed by atoms with Gasteiger partial charge >= 0.3 is 0 Å². The van der Waals surface area contributed by atoms with Crippen molar-refractivity contribution >= 4 is 23.0 Å². The summed E-state index contributed by atoms with van der Waals surface area (Å²) >= 11 is 5.74. The fourth-order valence-electron chi connectivity index (χ4n) is 1.18. The minimum Gasteiger partial charge on any atom is -0.355 e. The van der Waals surface area contributed by atoms with Crippen molar-refractivity contribution in [2.75, 3.05) is 5.32 Å². The monoisotopic (exact) mass is 222 g/mol. The summed E-state index contributed by atoms with van der Waals surface area (Å²) in [5, 5.41) is 3.70. The summed E-state index contributed by atoms with van der Waals surface area (Å²) in [4.78, 5) is 3.47. The Hall–Kier alpha value is -1.61. The van der Waals surface area contributed by atoms with Crippen LogP contribution in [-0.2, 0) is 0 Å². The zero-order valence-corrected chi connectivity index (χ0v) is 8.50. The molecular weight excluding hydrogens is 215 g/mol. The Bertz CT molecular complexity index is 456. The zero-order chi connectivity index (χ0) is 10.7. The first kappa shape index (κ1) is 9.93. The second-order valence-electron chi connectivity index (χ2n) is 3.00. The molecule has 0 saturated carbocycles. The standard InChI is InChI=1S/C11H8ClFN2/c12-8-1-3-9(4-2-8)15-10-5-6-14-11(13)7-10/h1-7H,(H,14,15). The van der Waals surface area contributed by atoms with E-state index in [1.807, 2.05) is 12.1 Å². The van der Waals surface area contributed by atoms with Crippen LogP contribution in [0.4, 0.5) is 15.8 Å². The molecule has 0 unspecified atom stereocenters. The van der Waals surface area contributed by atoms with Gasteiger partial charge in [0.1, 0.15) is 0 Å². The van der Waals surface area contributed by atoms with E-state index in [-0.39, 0.29) is 0 Å². The van der Waals surface area contributed by atoms with Crippen LogP contribution in [0.15, 0.2) is 42.6 Å². The Labute approximate surface area is 91.7 Å². The highest BCUT2D eigenvalue weighted by Crippen LogP contribution is 2.18. The number of pyridine rings is 1. The van der Waals surface area contributed by atoms with Gasteiger partial charge in [0.05, 0.1) is 0 Å². The number of hydrogen-bond donors (Lipinski definition) is 1. The molecule has 0 saturated heterocycles. The van der Waals surface area contributed by atoms with Gasteiger partial charge in [-0.25, -0.2) is 4.98 Å². The second kappa shape index (κ2) is 4.28. The van der Waals surface area contributed by atoms with Crippen molar-refractivity contribution in [3.05, 3.63) is 53.6 Å². The van der Waals surface area contributed by atoms with E-state index in [0.717, 1.165) is 5.69 Å². The average Bonchev–Trinajstić information content (AvgIpc) is 2.22. The number of anilines is 2. The number of aromatic nitrogens is 1. The lowest BCUT2D eigenvalue weighted by Gasteiger charge is -2.05. The Morgan fingerprint density at radius 3 is 2.47 bits per heavy atom. The van der Waals surface area contributed by atoms with E-state index < -0.39 is 5.95 Å². The van der Waals surface area contributed by atoms with Gasteiger partial charge in [0.25, 0.3) is 0 Å². The van der Waals surface area contributed by atoms with Crippen LogP contribution in [0.1, 0.15) is 0 Å². The van der Waals surface area contributed by atoms with E-state index >= 15 is 0 Å². The predicted molar refractivity (Wildman–Crippen MR) is 58.9 cm³/mol. The molecule has 1 heterocycles. The molecule has 1 N–H and O–H groups in total. The first-order chi connectivity index (χ1) is 7.24. The molecule has 0 spiro atoms. The summed E-state index contributed by atoms with van der Waals surface area (Å²) in [5.41, 5.74) is 1.51. The van der Waals surface area contributed by atoms with Crippen LogP contribution >= 0.6 is 11.6 Å². The molecule has 2 aromatic rings. The molecule has 0 bridgehead atoms. The van der Waals surface area contributed by atoms with Crippen molar-refractivity contribution in [2.45, 2.75) is 0 Å². The summed E-state index contributed by atoms with van der Waals surface area (Å²) in [5.74, 6) is -0.506. The minimum absolute atomic E-state index is 0.506. The molecular formula is C11H8ClFN2. The Kier molecular flexibility index (Phi) is 2.83. The van der Waals surface area contributed by atoms with Gasteiger partial charge in [0.15, 0.2) is 0 Å². The minimum atomic E-state index is -0.506. The van der Waals surface area contributed by atoms with Crippen LogP contribution in [0.2, 0.25) is 5.02 Å². The maximum Gasteiger partial charge on any atom is 0.214 e. The van der Waals surface area contributed by atoms with E-state index in [1.165, 1.54) is 12.3 Å².